The van der Waals surface area contributed by atoms with Crippen LogP contribution in [0, 0.1) is 0 Å². The molecule has 0 N–H and O–H groups in total. The van der Waals surface area contributed by atoms with Crippen molar-refractivity contribution in [2.24, 2.45) is 0 Å². The molecular weight excluding hydrogens is 1090 g/mol. The lowest BCUT2D eigenvalue weighted by Crippen LogP contribution is -2.75. The molecule has 2 aliphatic heterocycles. The van der Waals surface area contributed by atoms with Gasteiger partial charge in [0.25, 0.3) is 0 Å². The maximum absolute atomic E-state index is 3.43. The monoisotopic (exact) mass is 1150 g/mol. The molecule has 16 rings (SSSR count). The highest BCUT2D eigenvalue weighted by Gasteiger charge is 2.49. The van der Waals surface area contributed by atoms with Gasteiger partial charge in [-0.05, 0) is 153 Å². The zero-order chi connectivity index (χ0) is 57.4. The first-order valence-corrected chi connectivity index (χ1v) is 35.7. The van der Waals surface area contributed by atoms with Crippen molar-refractivity contribution in [3.8, 4) is 33.4 Å². The SMILES string of the molecule is C[Si]1(C)c2ccccc2N(c2ccc([Si](c3ccccc3)(c3ccccc3)c3cccc(C4(c5cccc(-c6ccccc6)c5)c5ccccc5-c5ccccc54)c3)c(-c3cccc(N4c5ccccc5Sc5ccccc54)c3)c2)c2ccccc21. The standard InChI is InChI=1S/C81H60N2SSi2/c1-85(2)79-49-22-18-45-74(79)83(75-46-19-23-50-80(75)85)63-51-52-78(69(56-63)59-30-25-33-62(54-59)82-72-43-16-20-47-76(72)84-77-48-21-17-44-73(77)82)86(64-34-8-4-9-35-64,65-36-10-5-11-37-65)66-38-26-32-61(55-66)81(60-31-24-29-58(53-60)57-27-6-3-7-28-57)70-41-14-12-39-67(70)68-40-13-15-42-71(68)81/h3-56H,1-2H3. The number of hydrogen-bond acceptors (Lipinski definition) is 3. The van der Waals surface area contributed by atoms with Crippen molar-refractivity contribution in [3.63, 3.8) is 0 Å². The van der Waals surface area contributed by atoms with E-state index in [9.17, 15) is 0 Å². The van der Waals surface area contributed by atoms with Gasteiger partial charge >= 0.3 is 0 Å². The summed E-state index contributed by atoms with van der Waals surface area (Å²) in [6.45, 7) is 5.02. The number of benzene rings is 13. The first-order chi connectivity index (χ1) is 42.4. The zero-order valence-electron chi connectivity index (χ0n) is 48.0. The fraction of sp³-hybridized carbons (Fsp3) is 0.0370. The van der Waals surface area contributed by atoms with Crippen LogP contribution in [-0.2, 0) is 5.41 Å². The molecule has 0 amide bonds. The third kappa shape index (κ3) is 7.99. The molecule has 0 bridgehead atoms. The molecule has 0 saturated carbocycles. The Labute approximate surface area is 511 Å². The Balaban J connectivity index is 1.00. The number of para-hydroxylation sites is 4. The van der Waals surface area contributed by atoms with Crippen LogP contribution < -0.4 is 40.9 Å². The van der Waals surface area contributed by atoms with Crippen molar-refractivity contribution in [1.82, 2.24) is 0 Å². The Morgan fingerprint density at radius 1 is 0.314 bits per heavy atom. The quantitative estimate of drug-likeness (QED) is 0.0995. The summed E-state index contributed by atoms with van der Waals surface area (Å²) in [6, 6.07) is 125. The van der Waals surface area contributed by atoms with Gasteiger partial charge in [-0.15, -0.1) is 0 Å². The predicted molar refractivity (Wildman–Crippen MR) is 368 cm³/mol. The Kier molecular flexibility index (Phi) is 12.5. The van der Waals surface area contributed by atoms with Gasteiger partial charge in [-0.2, -0.15) is 0 Å². The van der Waals surface area contributed by atoms with Gasteiger partial charge in [0, 0.05) is 32.5 Å². The van der Waals surface area contributed by atoms with Gasteiger partial charge < -0.3 is 9.80 Å². The fourth-order valence-electron chi connectivity index (χ4n) is 14.9. The third-order valence-corrected chi connectivity index (χ3v) is 28.1. The summed E-state index contributed by atoms with van der Waals surface area (Å²) in [7, 11) is -5.53. The smallest absolute Gasteiger partial charge is 0.180 e. The average Bonchev–Trinajstić information content (AvgIpc) is 1.44. The molecule has 86 heavy (non-hydrogen) atoms. The van der Waals surface area contributed by atoms with Crippen molar-refractivity contribution >= 4 is 93.2 Å². The van der Waals surface area contributed by atoms with Gasteiger partial charge in [0.2, 0.25) is 0 Å². The van der Waals surface area contributed by atoms with Crippen LogP contribution in [0.1, 0.15) is 22.3 Å². The molecule has 0 unspecified atom stereocenters. The van der Waals surface area contributed by atoms with Crippen molar-refractivity contribution in [3.05, 3.63) is 350 Å². The minimum Gasteiger partial charge on any atom is -0.311 e. The molecule has 0 aromatic heterocycles. The summed E-state index contributed by atoms with van der Waals surface area (Å²) in [5.41, 5.74) is 18.9. The third-order valence-electron chi connectivity index (χ3n) is 18.6. The van der Waals surface area contributed by atoms with E-state index in [-0.39, 0.29) is 0 Å². The minimum absolute atomic E-state index is 0.659. The van der Waals surface area contributed by atoms with Gasteiger partial charge in [-0.1, -0.05) is 286 Å². The van der Waals surface area contributed by atoms with Gasteiger partial charge in [0.15, 0.2) is 8.07 Å². The molecule has 13 aromatic rings. The Bertz CT molecular complexity index is 4570. The summed E-state index contributed by atoms with van der Waals surface area (Å²) in [6.07, 6.45) is 0. The van der Waals surface area contributed by atoms with Gasteiger partial charge in [0.1, 0.15) is 8.07 Å². The first-order valence-electron chi connectivity index (χ1n) is 29.9. The Morgan fingerprint density at radius 2 is 0.756 bits per heavy atom. The molecule has 1 aliphatic carbocycles. The van der Waals surface area contributed by atoms with E-state index in [0.29, 0.717) is 0 Å². The van der Waals surface area contributed by atoms with E-state index < -0.39 is 21.6 Å². The van der Waals surface area contributed by atoms with Gasteiger partial charge in [0.05, 0.1) is 16.8 Å². The van der Waals surface area contributed by atoms with Crippen LogP contribution in [0.15, 0.2) is 337 Å². The van der Waals surface area contributed by atoms with Crippen LogP contribution in [-0.4, -0.2) is 16.1 Å². The van der Waals surface area contributed by atoms with E-state index >= 15 is 0 Å². The molecule has 0 atom stereocenters. The predicted octanol–water partition coefficient (Wildman–Crippen LogP) is 17.3. The van der Waals surface area contributed by atoms with Crippen LogP contribution in [0.2, 0.25) is 13.1 Å². The van der Waals surface area contributed by atoms with Crippen molar-refractivity contribution < 1.29 is 0 Å². The molecule has 2 nitrogen and oxygen atoms in total. The molecule has 0 fully saturated rings. The number of rotatable bonds is 10. The number of hydrogen-bond donors (Lipinski definition) is 0. The highest BCUT2D eigenvalue weighted by molar-refractivity contribution is 7.99. The Morgan fingerprint density at radius 3 is 1.37 bits per heavy atom. The normalized spacial score (nSPS) is 14.0. The molecule has 5 heteroatoms. The van der Waals surface area contributed by atoms with Crippen LogP contribution in [0.3, 0.4) is 0 Å². The number of nitrogens with zero attached hydrogens (tertiary/aromatic N) is 2. The van der Waals surface area contributed by atoms with Crippen LogP contribution >= 0.6 is 11.8 Å². The molecule has 0 radical (unpaired) electrons. The van der Waals surface area contributed by atoms with Gasteiger partial charge in [-0.3, -0.25) is 0 Å². The maximum atomic E-state index is 2.64. The second kappa shape index (κ2) is 20.8. The van der Waals surface area contributed by atoms with E-state index in [1.54, 1.807) is 0 Å². The molecule has 2 heterocycles. The fourth-order valence-corrected chi connectivity index (χ4v) is 23.9. The highest BCUT2D eigenvalue weighted by Crippen LogP contribution is 2.57. The highest BCUT2D eigenvalue weighted by atomic mass is 32.2. The van der Waals surface area contributed by atoms with Crippen LogP contribution in [0.5, 0.6) is 0 Å². The molecule has 0 saturated heterocycles. The lowest BCUT2D eigenvalue weighted by molar-refractivity contribution is 0.769. The average molecular weight is 1150 g/mol. The van der Waals surface area contributed by atoms with E-state index in [1.807, 2.05) is 11.8 Å². The second-order valence-corrected chi connectivity index (χ2v) is 32.7. The molecular formula is C81H60N2SSi2. The topological polar surface area (TPSA) is 6.48 Å². The lowest BCUT2D eigenvalue weighted by Gasteiger charge is -2.42. The molecule has 3 aliphatic rings. The van der Waals surface area contributed by atoms with Crippen LogP contribution in [0.25, 0.3) is 33.4 Å². The summed E-state index contributed by atoms with van der Waals surface area (Å²) in [5, 5.41) is 8.16. The Hall–Kier alpha value is -9.76. The molecule has 408 valence electrons. The first kappa shape index (κ1) is 51.8. The number of anilines is 6. The summed E-state index contributed by atoms with van der Waals surface area (Å²) < 4.78 is 0. The minimum atomic E-state index is -3.43. The van der Waals surface area contributed by atoms with Gasteiger partial charge in [-0.25, -0.2) is 0 Å². The largest absolute Gasteiger partial charge is 0.311 e. The summed E-state index contributed by atoms with van der Waals surface area (Å²) in [5.74, 6) is 0. The van der Waals surface area contributed by atoms with E-state index in [2.05, 4.69) is 350 Å². The number of fused-ring (bicyclic) bond motifs is 7. The van der Waals surface area contributed by atoms with E-state index in [4.69, 9.17) is 0 Å². The van der Waals surface area contributed by atoms with E-state index in [1.165, 1.54) is 114 Å². The second-order valence-electron chi connectivity index (χ2n) is 23.5. The van der Waals surface area contributed by atoms with Crippen LogP contribution in [0.4, 0.5) is 34.1 Å². The molecule has 0 spiro atoms. The summed E-state index contributed by atoms with van der Waals surface area (Å²) in [4.78, 5) is 7.52. The van der Waals surface area contributed by atoms with Crippen molar-refractivity contribution in [2.75, 3.05) is 9.80 Å². The van der Waals surface area contributed by atoms with Crippen molar-refractivity contribution in [2.45, 2.75) is 28.3 Å². The molecule has 13 aromatic carbocycles. The van der Waals surface area contributed by atoms with Crippen molar-refractivity contribution in [1.29, 1.82) is 0 Å². The van der Waals surface area contributed by atoms with E-state index in [0.717, 1.165) is 16.9 Å². The maximum Gasteiger partial charge on any atom is 0.180 e. The zero-order valence-corrected chi connectivity index (χ0v) is 50.8. The lowest BCUT2D eigenvalue weighted by atomic mass is 9.67. The summed E-state index contributed by atoms with van der Waals surface area (Å²) >= 11 is 1.85.